The van der Waals surface area contributed by atoms with E-state index in [1.165, 1.54) is 6.07 Å². The predicted molar refractivity (Wildman–Crippen MR) is 58.5 cm³/mol. The van der Waals surface area contributed by atoms with Gasteiger partial charge in [0.2, 0.25) is 5.88 Å². The third kappa shape index (κ3) is 6.02. The Bertz CT molecular complexity index is 388. The number of nitrogens with zero attached hydrogens (tertiary/aromatic N) is 2. The maximum absolute atomic E-state index is 11.9. The van der Waals surface area contributed by atoms with Crippen molar-refractivity contribution in [3.63, 3.8) is 0 Å². The highest BCUT2D eigenvalue weighted by atomic mass is 35.5. The quantitative estimate of drug-likeness (QED) is 0.753. The summed E-state index contributed by atoms with van der Waals surface area (Å²) in [6.07, 6.45) is -5.31. The van der Waals surface area contributed by atoms with Crippen LogP contribution in [0.25, 0.3) is 0 Å². The van der Waals surface area contributed by atoms with Crippen LogP contribution in [0.5, 0.6) is 5.88 Å². The first-order valence-electron chi connectivity index (χ1n) is 5.21. The molecule has 0 atom stereocenters. The van der Waals surface area contributed by atoms with Crippen molar-refractivity contribution in [3.05, 3.63) is 17.0 Å². The Kier molecular flexibility index (Phi) is 5.61. The van der Waals surface area contributed by atoms with Crippen molar-refractivity contribution in [1.29, 1.82) is 0 Å². The van der Waals surface area contributed by atoms with Crippen molar-refractivity contribution in [1.82, 2.24) is 9.97 Å². The molecule has 0 saturated carbocycles. The van der Waals surface area contributed by atoms with Crippen LogP contribution in [0.4, 0.5) is 13.2 Å². The summed E-state index contributed by atoms with van der Waals surface area (Å²) in [6.45, 7) is 1.89. The van der Waals surface area contributed by atoms with Crippen molar-refractivity contribution in [2.75, 3.05) is 13.2 Å². The molecule has 102 valence electrons. The van der Waals surface area contributed by atoms with Crippen LogP contribution < -0.4 is 4.74 Å². The molecule has 0 N–H and O–H groups in total. The summed E-state index contributed by atoms with van der Waals surface area (Å²) in [5.41, 5.74) is 0. The van der Waals surface area contributed by atoms with Crippen LogP contribution in [-0.2, 0) is 11.3 Å². The first-order valence-corrected chi connectivity index (χ1v) is 5.59. The van der Waals surface area contributed by atoms with Crippen molar-refractivity contribution >= 4 is 11.6 Å². The molecule has 8 heteroatoms. The van der Waals surface area contributed by atoms with E-state index in [-0.39, 0.29) is 23.5 Å². The van der Waals surface area contributed by atoms with Gasteiger partial charge in [0.15, 0.2) is 5.82 Å². The molecule has 0 fully saturated rings. The summed E-state index contributed by atoms with van der Waals surface area (Å²) in [4.78, 5) is 7.74. The maximum Gasteiger partial charge on any atom is 0.392 e. The lowest BCUT2D eigenvalue weighted by Crippen LogP contribution is -2.13. The van der Waals surface area contributed by atoms with E-state index in [9.17, 15) is 13.2 Å². The Morgan fingerprint density at radius 2 is 2.06 bits per heavy atom. The van der Waals surface area contributed by atoms with E-state index in [2.05, 4.69) is 9.97 Å². The summed E-state index contributed by atoms with van der Waals surface area (Å²) >= 11 is 5.69. The van der Waals surface area contributed by atoms with Crippen molar-refractivity contribution in [2.24, 2.45) is 0 Å². The molecule has 0 aliphatic carbocycles. The van der Waals surface area contributed by atoms with Crippen LogP contribution in [0, 0.1) is 0 Å². The van der Waals surface area contributed by atoms with Crippen LogP contribution in [0.15, 0.2) is 6.07 Å². The SMILES string of the molecule is CCOCc1nc(Cl)cc(OCCC(F)(F)F)n1. The lowest BCUT2D eigenvalue weighted by molar-refractivity contribution is -0.139. The van der Waals surface area contributed by atoms with Gasteiger partial charge in [-0.05, 0) is 6.92 Å². The van der Waals surface area contributed by atoms with Gasteiger partial charge in [0.25, 0.3) is 0 Å². The first kappa shape index (κ1) is 15.0. The standard InChI is InChI=1S/C10H12ClF3N2O2/c1-2-17-6-8-15-7(11)5-9(16-8)18-4-3-10(12,13)14/h5H,2-4,6H2,1H3. The van der Waals surface area contributed by atoms with Crippen LogP contribution >= 0.6 is 11.6 Å². The molecular weight excluding hydrogens is 273 g/mol. The molecule has 0 amide bonds. The minimum absolute atomic E-state index is 0.00829. The third-order valence-electron chi connectivity index (χ3n) is 1.79. The largest absolute Gasteiger partial charge is 0.477 e. The highest BCUT2D eigenvalue weighted by Crippen LogP contribution is 2.20. The van der Waals surface area contributed by atoms with Gasteiger partial charge >= 0.3 is 6.18 Å². The summed E-state index contributed by atoms with van der Waals surface area (Å²) in [7, 11) is 0. The molecule has 0 saturated heterocycles. The highest BCUT2D eigenvalue weighted by Gasteiger charge is 2.26. The van der Waals surface area contributed by atoms with Gasteiger partial charge in [-0.25, -0.2) is 4.98 Å². The molecule has 1 aromatic heterocycles. The molecule has 0 aliphatic rings. The van der Waals surface area contributed by atoms with Gasteiger partial charge < -0.3 is 9.47 Å². The molecule has 0 unspecified atom stereocenters. The number of halogens is 4. The van der Waals surface area contributed by atoms with Crippen LogP contribution in [-0.4, -0.2) is 29.4 Å². The van der Waals surface area contributed by atoms with Gasteiger partial charge in [0.05, 0.1) is 13.0 Å². The fourth-order valence-electron chi connectivity index (χ4n) is 1.05. The topological polar surface area (TPSA) is 44.2 Å². The van der Waals surface area contributed by atoms with E-state index in [0.717, 1.165) is 0 Å². The number of ether oxygens (including phenoxy) is 2. The molecule has 0 aliphatic heterocycles. The number of alkyl halides is 3. The fraction of sp³-hybridized carbons (Fsp3) is 0.600. The summed E-state index contributed by atoms with van der Waals surface area (Å²) in [5.74, 6) is 0.278. The zero-order valence-electron chi connectivity index (χ0n) is 9.63. The Balaban J connectivity index is 2.57. The van der Waals surface area contributed by atoms with E-state index in [4.69, 9.17) is 21.1 Å². The van der Waals surface area contributed by atoms with E-state index in [1.807, 2.05) is 0 Å². The summed E-state index contributed by atoms with van der Waals surface area (Å²) in [6, 6.07) is 1.26. The third-order valence-corrected chi connectivity index (χ3v) is 1.98. The molecule has 18 heavy (non-hydrogen) atoms. The Morgan fingerprint density at radius 1 is 1.33 bits per heavy atom. The van der Waals surface area contributed by atoms with Crippen molar-refractivity contribution in [3.8, 4) is 5.88 Å². The minimum atomic E-state index is -4.26. The molecule has 4 nitrogen and oxygen atoms in total. The average Bonchev–Trinajstić information content (AvgIpc) is 2.24. The van der Waals surface area contributed by atoms with E-state index < -0.39 is 19.2 Å². The average molecular weight is 285 g/mol. The minimum Gasteiger partial charge on any atom is -0.477 e. The number of aromatic nitrogens is 2. The van der Waals surface area contributed by atoms with Gasteiger partial charge in [0, 0.05) is 12.7 Å². The predicted octanol–water partition coefficient (Wildman–Crippen LogP) is 3.00. The zero-order chi connectivity index (χ0) is 13.6. The summed E-state index contributed by atoms with van der Waals surface area (Å²) in [5, 5.41) is 0.0988. The molecule has 0 spiro atoms. The molecule has 1 rings (SSSR count). The van der Waals surface area contributed by atoms with E-state index >= 15 is 0 Å². The van der Waals surface area contributed by atoms with Crippen molar-refractivity contribution < 1.29 is 22.6 Å². The molecule has 1 heterocycles. The smallest absolute Gasteiger partial charge is 0.392 e. The normalized spacial score (nSPS) is 11.6. The Morgan fingerprint density at radius 3 is 2.67 bits per heavy atom. The molecule has 1 aromatic rings. The number of hydrogen-bond acceptors (Lipinski definition) is 4. The highest BCUT2D eigenvalue weighted by molar-refractivity contribution is 6.29. The molecular formula is C10H12ClF3N2O2. The summed E-state index contributed by atoms with van der Waals surface area (Å²) < 4.78 is 45.7. The van der Waals surface area contributed by atoms with Crippen molar-refractivity contribution in [2.45, 2.75) is 26.1 Å². The van der Waals surface area contributed by atoms with Crippen LogP contribution in [0.2, 0.25) is 5.15 Å². The van der Waals surface area contributed by atoms with Crippen LogP contribution in [0.3, 0.4) is 0 Å². The van der Waals surface area contributed by atoms with Gasteiger partial charge in [-0.15, -0.1) is 0 Å². The van der Waals surface area contributed by atoms with Crippen LogP contribution in [0.1, 0.15) is 19.2 Å². The second kappa shape index (κ2) is 6.75. The molecule has 0 radical (unpaired) electrons. The van der Waals surface area contributed by atoms with E-state index in [1.54, 1.807) is 6.92 Å². The number of rotatable bonds is 6. The fourth-order valence-corrected chi connectivity index (χ4v) is 1.24. The lowest BCUT2D eigenvalue weighted by Gasteiger charge is -2.09. The van der Waals surface area contributed by atoms with Gasteiger partial charge in [-0.1, -0.05) is 11.6 Å². The zero-order valence-corrected chi connectivity index (χ0v) is 10.4. The monoisotopic (exact) mass is 284 g/mol. The first-order chi connectivity index (χ1) is 8.40. The maximum atomic E-state index is 11.9. The lowest BCUT2D eigenvalue weighted by atomic mass is 10.4. The second-order valence-electron chi connectivity index (χ2n) is 3.30. The number of hydrogen-bond donors (Lipinski definition) is 0. The second-order valence-corrected chi connectivity index (χ2v) is 3.68. The van der Waals surface area contributed by atoms with E-state index in [0.29, 0.717) is 6.61 Å². The Hall–Kier alpha value is -1.08. The molecule has 0 aromatic carbocycles. The van der Waals surface area contributed by atoms with Gasteiger partial charge in [-0.3, -0.25) is 0 Å². The van der Waals surface area contributed by atoms with Gasteiger partial charge in [-0.2, -0.15) is 18.2 Å². The molecule has 0 bridgehead atoms. The van der Waals surface area contributed by atoms with Gasteiger partial charge in [0.1, 0.15) is 11.8 Å². The Labute approximate surface area is 107 Å².